The summed E-state index contributed by atoms with van der Waals surface area (Å²) in [4.78, 5) is 44.0. The molecule has 1 saturated carbocycles. The molecule has 4 aliphatic rings. The number of likely N-dealkylation sites (tertiary alicyclic amines) is 1. The highest BCUT2D eigenvalue weighted by atomic mass is 16.2. The van der Waals surface area contributed by atoms with Crippen molar-refractivity contribution in [1.29, 1.82) is 0 Å². The van der Waals surface area contributed by atoms with Gasteiger partial charge in [-0.15, -0.1) is 0 Å². The maximum absolute atomic E-state index is 13.3. The number of imide groups is 1. The summed E-state index contributed by atoms with van der Waals surface area (Å²) in [7, 11) is 0. The Morgan fingerprint density at radius 2 is 1.78 bits per heavy atom. The molecule has 3 atom stereocenters. The molecule has 0 aromatic heterocycles. The van der Waals surface area contributed by atoms with Crippen molar-refractivity contribution in [3.8, 4) is 0 Å². The van der Waals surface area contributed by atoms with Crippen LogP contribution in [-0.2, 0) is 9.59 Å². The highest BCUT2D eigenvalue weighted by Gasteiger charge is 2.63. The van der Waals surface area contributed by atoms with E-state index in [0.717, 1.165) is 30.0 Å². The summed E-state index contributed by atoms with van der Waals surface area (Å²) >= 11 is 0. The van der Waals surface area contributed by atoms with Gasteiger partial charge in [0.05, 0.1) is 17.8 Å². The lowest BCUT2D eigenvalue weighted by atomic mass is 10.1. The number of hydrogen-bond donors (Lipinski definition) is 0. The van der Waals surface area contributed by atoms with E-state index in [-0.39, 0.29) is 35.8 Å². The molecule has 0 spiro atoms. The van der Waals surface area contributed by atoms with Crippen LogP contribution in [0.3, 0.4) is 0 Å². The van der Waals surface area contributed by atoms with Crippen LogP contribution in [0.2, 0.25) is 0 Å². The van der Waals surface area contributed by atoms with Crippen LogP contribution >= 0.6 is 0 Å². The topological polar surface area (TPSA) is 60.9 Å². The van der Waals surface area contributed by atoms with E-state index in [0.29, 0.717) is 12.2 Å². The molecule has 2 aromatic carbocycles. The summed E-state index contributed by atoms with van der Waals surface area (Å²) in [5.74, 6) is 0.113. The van der Waals surface area contributed by atoms with E-state index in [9.17, 15) is 14.4 Å². The first-order valence-electron chi connectivity index (χ1n) is 9.59. The largest absolute Gasteiger partial charge is 0.335 e. The molecule has 1 unspecified atom stereocenters. The van der Waals surface area contributed by atoms with Gasteiger partial charge < -0.3 is 9.80 Å². The molecular formula is C21H19N3O3. The van der Waals surface area contributed by atoms with Gasteiger partial charge in [-0.1, -0.05) is 36.4 Å². The average molecular weight is 361 g/mol. The molecular weight excluding hydrogens is 342 g/mol. The van der Waals surface area contributed by atoms with Crippen molar-refractivity contribution in [2.75, 3.05) is 11.4 Å². The first kappa shape index (κ1) is 15.2. The van der Waals surface area contributed by atoms with Gasteiger partial charge in [0.15, 0.2) is 0 Å². The van der Waals surface area contributed by atoms with Crippen LogP contribution in [0.5, 0.6) is 0 Å². The van der Waals surface area contributed by atoms with Crippen LogP contribution < -0.4 is 4.90 Å². The van der Waals surface area contributed by atoms with Gasteiger partial charge in [-0.3, -0.25) is 9.59 Å². The quantitative estimate of drug-likeness (QED) is 0.772. The van der Waals surface area contributed by atoms with Gasteiger partial charge in [0.1, 0.15) is 6.04 Å². The van der Waals surface area contributed by atoms with Crippen LogP contribution in [0.1, 0.15) is 19.3 Å². The number of rotatable bonds is 2. The van der Waals surface area contributed by atoms with Crippen LogP contribution in [0, 0.1) is 5.92 Å². The second-order valence-corrected chi connectivity index (χ2v) is 8.03. The molecule has 3 saturated heterocycles. The number of piperazine rings is 1. The molecule has 2 aromatic rings. The average Bonchev–Trinajstić information content (AvgIpc) is 3.28. The van der Waals surface area contributed by atoms with E-state index in [4.69, 9.17) is 0 Å². The molecule has 136 valence electrons. The minimum absolute atomic E-state index is 0.0425. The number of urea groups is 1. The molecule has 4 amide bonds. The third-order valence-electron chi connectivity index (χ3n) is 6.48. The molecule has 2 bridgehead atoms. The van der Waals surface area contributed by atoms with Gasteiger partial charge in [0, 0.05) is 17.8 Å². The van der Waals surface area contributed by atoms with Crippen molar-refractivity contribution in [3.63, 3.8) is 0 Å². The molecule has 0 N–H and O–H groups in total. The smallest absolute Gasteiger partial charge is 0.332 e. The Hall–Kier alpha value is -2.89. The van der Waals surface area contributed by atoms with Gasteiger partial charge in [0.2, 0.25) is 5.91 Å². The zero-order valence-corrected chi connectivity index (χ0v) is 14.7. The molecule has 6 nitrogen and oxygen atoms in total. The molecule has 3 aliphatic heterocycles. The highest BCUT2D eigenvalue weighted by molar-refractivity contribution is 6.25. The molecule has 6 heteroatoms. The summed E-state index contributed by atoms with van der Waals surface area (Å²) in [5.41, 5.74) is 0.636. The predicted octanol–water partition coefficient (Wildman–Crippen LogP) is 2.37. The van der Waals surface area contributed by atoms with Gasteiger partial charge in [-0.2, -0.15) is 0 Å². The third kappa shape index (κ3) is 1.93. The summed E-state index contributed by atoms with van der Waals surface area (Å²) in [6.07, 6.45) is 2.64. The van der Waals surface area contributed by atoms with E-state index in [1.165, 1.54) is 4.90 Å². The SMILES string of the molecule is O=C1[C@H]2C3C[C@H](CN3C(=O)C3CC3)N2C(=O)N1c1cccc2ccccc12. The number of hydrogen-bond acceptors (Lipinski definition) is 3. The minimum Gasteiger partial charge on any atom is -0.335 e. The Morgan fingerprint density at radius 1 is 1.00 bits per heavy atom. The Morgan fingerprint density at radius 3 is 2.59 bits per heavy atom. The predicted molar refractivity (Wildman–Crippen MR) is 99.1 cm³/mol. The number of anilines is 1. The Labute approximate surface area is 156 Å². The van der Waals surface area contributed by atoms with E-state index in [2.05, 4.69) is 0 Å². The fourth-order valence-corrected chi connectivity index (χ4v) is 5.10. The maximum atomic E-state index is 13.3. The van der Waals surface area contributed by atoms with Crippen LogP contribution in [-0.4, -0.2) is 52.3 Å². The zero-order valence-electron chi connectivity index (χ0n) is 14.7. The lowest BCUT2D eigenvalue weighted by molar-refractivity contribution is -0.136. The fraction of sp³-hybridized carbons (Fsp3) is 0.381. The second kappa shape index (κ2) is 5.09. The Bertz CT molecular complexity index is 1010. The Kier molecular flexibility index (Phi) is 2.86. The number of carbonyl (C=O) groups is 3. The highest BCUT2D eigenvalue weighted by Crippen LogP contribution is 2.45. The van der Waals surface area contributed by atoms with Crippen molar-refractivity contribution in [1.82, 2.24) is 9.80 Å². The summed E-state index contributed by atoms with van der Waals surface area (Å²) < 4.78 is 0. The lowest BCUT2D eigenvalue weighted by Crippen LogP contribution is -2.55. The number of amides is 4. The van der Waals surface area contributed by atoms with Crippen molar-refractivity contribution in [2.45, 2.75) is 37.4 Å². The van der Waals surface area contributed by atoms with E-state index < -0.39 is 6.04 Å². The number of fused-ring (bicyclic) bond motifs is 6. The first-order chi connectivity index (χ1) is 13.1. The van der Waals surface area contributed by atoms with Crippen LogP contribution in [0.25, 0.3) is 10.8 Å². The Balaban J connectivity index is 1.40. The summed E-state index contributed by atoms with van der Waals surface area (Å²) in [6.45, 7) is 0.568. The molecule has 6 rings (SSSR count). The standard InChI is InChI=1S/C21H19N3O3/c25-19(13-8-9-13)22-11-14-10-17(22)18-20(26)24(21(27)23(14)18)16-7-3-5-12-4-1-2-6-15(12)16/h1-7,13-14,17-18H,8-11H2/t14-,17?,18-/m1/s1. The zero-order chi connectivity index (χ0) is 18.3. The summed E-state index contributed by atoms with van der Waals surface area (Å²) in [6, 6.07) is 12.5. The first-order valence-corrected chi connectivity index (χ1v) is 9.59. The fourth-order valence-electron chi connectivity index (χ4n) is 5.10. The van der Waals surface area contributed by atoms with Crippen molar-refractivity contribution >= 4 is 34.3 Å². The van der Waals surface area contributed by atoms with E-state index in [1.54, 1.807) is 4.90 Å². The lowest BCUT2D eigenvalue weighted by Gasteiger charge is -2.35. The molecule has 4 fully saturated rings. The molecule has 27 heavy (non-hydrogen) atoms. The van der Waals surface area contributed by atoms with Crippen LogP contribution in [0.4, 0.5) is 10.5 Å². The van der Waals surface area contributed by atoms with Gasteiger partial charge in [-0.25, -0.2) is 9.69 Å². The van der Waals surface area contributed by atoms with Crippen LogP contribution in [0.15, 0.2) is 42.5 Å². The van der Waals surface area contributed by atoms with Crippen molar-refractivity contribution in [2.24, 2.45) is 5.92 Å². The second-order valence-electron chi connectivity index (χ2n) is 8.03. The van der Waals surface area contributed by atoms with Crippen molar-refractivity contribution < 1.29 is 14.4 Å². The normalized spacial score (nSPS) is 29.2. The van der Waals surface area contributed by atoms with Crippen molar-refractivity contribution in [3.05, 3.63) is 42.5 Å². The van der Waals surface area contributed by atoms with Gasteiger partial charge in [0.25, 0.3) is 5.91 Å². The maximum Gasteiger partial charge on any atom is 0.332 e. The third-order valence-corrected chi connectivity index (χ3v) is 6.48. The summed E-state index contributed by atoms with van der Waals surface area (Å²) in [5, 5.41) is 1.89. The number of benzene rings is 2. The van der Waals surface area contributed by atoms with Gasteiger partial charge >= 0.3 is 6.03 Å². The van der Waals surface area contributed by atoms with E-state index >= 15 is 0 Å². The molecule has 1 aliphatic carbocycles. The monoisotopic (exact) mass is 361 g/mol. The van der Waals surface area contributed by atoms with Gasteiger partial charge in [-0.05, 0) is 30.7 Å². The number of nitrogens with zero attached hydrogens (tertiary/aromatic N) is 3. The minimum atomic E-state index is -0.530. The number of carbonyl (C=O) groups excluding carboxylic acids is 3. The van der Waals surface area contributed by atoms with E-state index in [1.807, 2.05) is 47.4 Å². The molecule has 3 heterocycles. The molecule has 0 radical (unpaired) electrons.